The molecular formula is C17H22O4. The fourth-order valence-electron chi connectivity index (χ4n) is 2.92. The van der Waals surface area contributed by atoms with Crippen molar-refractivity contribution in [2.24, 2.45) is 5.92 Å². The first-order chi connectivity index (χ1) is 10.2. The minimum Gasteiger partial charge on any atom is -0.493 e. The Morgan fingerprint density at radius 1 is 1.29 bits per heavy atom. The Kier molecular flexibility index (Phi) is 4.04. The third kappa shape index (κ3) is 3.31. The predicted molar refractivity (Wildman–Crippen MR) is 79.0 cm³/mol. The van der Waals surface area contributed by atoms with E-state index in [2.05, 4.69) is 0 Å². The van der Waals surface area contributed by atoms with Crippen LogP contribution < -0.4 is 9.47 Å². The summed E-state index contributed by atoms with van der Waals surface area (Å²) in [6, 6.07) is 5.89. The Hall–Kier alpha value is -1.71. The second kappa shape index (κ2) is 5.96. The summed E-state index contributed by atoms with van der Waals surface area (Å²) in [5, 5.41) is 9.11. The lowest BCUT2D eigenvalue weighted by atomic mass is 9.90. The van der Waals surface area contributed by atoms with Crippen LogP contribution in [-0.2, 0) is 4.79 Å². The smallest absolute Gasteiger partial charge is 0.303 e. The molecule has 2 fully saturated rings. The van der Waals surface area contributed by atoms with Gasteiger partial charge in [0.25, 0.3) is 0 Å². The van der Waals surface area contributed by atoms with E-state index in [1.807, 2.05) is 18.2 Å². The van der Waals surface area contributed by atoms with Gasteiger partial charge in [-0.1, -0.05) is 6.07 Å². The van der Waals surface area contributed by atoms with E-state index in [0.717, 1.165) is 42.7 Å². The lowest BCUT2D eigenvalue weighted by molar-refractivity contribution is -0.137. The summed E-state index contributed by atoms with van der Waals surface area (Å²) < 4.78 is 11.4. The Labute approximate surface area is 125 Å². The Morgan fingerprint density at radius 3 is 2.57 bits per heavy atom. The van der Waals surface area contributed by atoms with Crippen LogP contribution in [0.3, 0.4) is 0 Å². The number of aliphatic carboxylic acids is 1. The molecule has 1 atom stereocenters. The average molecular weight is 290 g/mol. The first kappa shape index (κ1) is 14.2. The second-order valence-corrected chi connectivity index (χ2v) is 6.12. The van der Waals surface area contributed by atoms with E-state index in [1.54, 1.807) is 7.11 Å². The van der Waals surface area contributed by atoms with Gasteiger partial charge in [-0.25, -0.2) is 0 Å². The highest BCUT2D eigenvalue weighted by Gasteiger charge is 2.34. The summed E-state index contributed by atoms with van der Waals surface area (Å²) >= 11 is 0. The van der Waals surface area contributed by atoms with Gasteiger partial charge in [0, 0.05) is 0 Å². The quantitative estimate of drug-likeness (QED) is 0.833. The molecule has 0 spiro atoms. The molecule has 4 heteroatoms. The number of carboxylic acid groups (broad SMARTS) is 1. The predicted octanol–water partition coefficient (Wildman–Crippen LogP) is 3.59. The Morgan fingerprint density at radius 2 is 2.05 bits per heavy atom. The number of hydrogen-bond donors (Lipinski definition) is 1. The molecule has 114 valence electrons. The maximum Gasteiger partial charge on any atom is 0.303 e. The molecule has 2 aliphatic rings. The van der Waals surface area contributed by atoms with Crippen molar-refractivity contribution in [3.05, 3.63) is 23.8 Å². The van der Waals surface area contributed by atoms with Crippen LogP contribution in [0.15, 0.2) is 18.2 Å². The van der Waals surface area contributed by atoms with Gasteiger partial charge in [0.15, 0.2) is 11.5 Å². The van der Waals surface area contributed by atoms with Gasteiger partial charge >= 0.3 is 5.97 Å². The molecule has 0 aliphatic heterocycles. The molecule has 0 bridgehead atoms. The van der Waals surface area contributed by atoms with Crippen molar-refractivity contribution in [3.8, 4) is 11.5 Å². The summed E-state index contributed by atoms with van der Waals surface area (Å²) in [5.41, 5.74) is 1.05. The van der Waals surface area contributed by atoms with Crippen LogP contribution in [0.25, 0.3) is 0 Å². The van der Waals surface area contributed by atoms with E-state index in [-0.39, 0.29) is 12.3 Å². The molecule has 2 aliphatic carbocycles. The average Bonchev–Trinajstić information content (AvgIpc) is 3.24. The second-order valence-electron chi connectivity index (χ2n) is 6.12. The molecular weight excluding hydrogens is 268 g/mol. The lowest BCUT2D eigenvalue weighted by Crippen LogP contribution is -2.24. The molecule has 4 nitrogen and oxygen atoms in total. The van der Waals surface area contributed by atoms with Gasteiger partial charge in [-0.15, -0.1) is 0 Å². The van der Waals surface area contributed by atoms with Gasteiger partial charge in [0.2, 0.25) is 0 Å². The highest BCUT2D eigenvalue weighted by atomic mass is 16.5. The highest BCUT2D eigenvalue weighted by molar-refractivity contribution is 5.68. The van der Waals surface area contributed by atoms with Crippen LogP contribution in [0.5, 0.6) is 11.5 Å². The van der Waals surface area contributed by atoms with Gasteiger partial charge in [0.05, 0.1) is 19.6 Å². The van der Waals surface area contributed by atoms with Crippen molar-refractivity contribution in [2.75, 3.05) is 7.11 Å². The molecule has 1 unspecified atom stereocenters. The normalized spacial score (nSPS) is 19.7. The van der Waals surface area contributed by atoms with E-state index < -0.39 is 5.97 Å². The zero-order chi connectivity index (χ0) is 14.8. The van der Waals surface area contributed by atoms with E-state index in [1.165, 1.54) is 6.42 Å². The van der Waals surface area contributed by atoms with Crippen LogP contribution in [0, 0.1) is 5.92 Å². The van der Waals surface area contributed by atoms with Crippen molar-refractivity contribution in [1.29, 1.82) is 0 Å². The molecule has 2 saturated carbocycles. The summed E-state index contributed by atoms with van der Waals surface area (Å²) in [6.07, 6.45) is 6.19. The van der Waals surface area contributed by atoms with E-state index in [9.17, 15) is 4.79 Å². The van der Waals surface area contributed by atoms with Crippen LogP contribution in [0.1, 0.15) is 50.0 Å². The Balaban J connectivity index is 1.79. The van der Waals surface area contributed by atoms with E-state index in [4.69, 9.17) is 14.6 Å². The number of benzene rings is 1. The largest absolute Gasteiger partial charge is 0.493 e. The van der Waals surface area contributed by atoms with Crippen LogP contribution in [-0.4, -0.2) is 24.3 Å². The lowest BCUT2D eigenvalue weighted by Gasteiger charge is -2.27. The fraction of sp³-hybridized carbons (Fsp3) is 0.588. The van der Waals surface area contributed by atoms with Crippen LogP contribution in [0.2, 0.25) is 0 Å². The number of carbonyl (C=O) groups is 1. The number of carboxylic acids is 1. The number of hydrogen-bond acceptors (Lipinski definition) is 3. The number of rotatable bonds is 7. The van der Waals surface area contributed by atoms with Crippen molar-refractivity contribution in [2.45, 2.75) is 50.5 Å². The topological polar surface area (TPSA) is 55.8 Å². The third-order valence-electron chi connectivity index (χ3n) is 4.55. The fourth-order valence-corrected chi connectivity index (χ4v) is 2.92. The Bertz CT molecular complexity index is 518. The first-order valence-corrected chi connectivity index (χ1v) is 7.73. The SMILES string of the molecule is COc1cc(C(CC(=O)O)C2CC2)ccc1OC1CCC1. The van der Waals surface area contributed by atoms with Crippen molar-refractivity contribution in [1.82, 2.24) is 0 Å². The van der Waals surface area contributed by atoms with Gasteiger partial charge in [-0.05, 0) is 61.6 Å². The summed E-state index contributed by atoms with van der Waals surface area (Å²) in [4.78, 5) is 11.1. The van der Waals surface area contributed by atoms with Gasteiger partial charge < -0.3 is 14.6 Å². The van der Waals surface area contributed by atoms with Crippen LogP contribution in [0.4, 0.5) is 0 Å². The molecule has 0 heterocycles. The zero-order valence-corrected chi connectivity index (χ0v) is 12.4. The van der Waals surface area contributed by atoms with Crippen molar-refractivity contribution < 1.29 is 19.4 Å². The maximum absolute atomic E-state index is 11.1. The molecule has 0 aromatic heterocycles. The molecule has 3 rings (SSSR count). The molecule has 0 amide bonds. The standard InChI is InChI=1S/C17H22O4/c1-20-16-9-12(14(10-17(18)19)11-5-6-11)7-8-15(16)21-13-3-2-4-13/h7-9,11,13-14H,2-6,10H2,1H3,(H,18,19). The summed E-state index contributed by atoms with van der Waals surface area (Å²) in [7, 11) is 1.63. The molecule has 0 radical (unpaired) electrons. The van der Waals surface area contributed by atoms with E-state index in [0.29, 0.717) is 12.0 Å². The summed E-state index contributed by atoms with van der Waals surface area (Å²) in [5.74, 6) is 1.35. The number of methoxy groups -OCH3 is 1. The number of ether oxygens (including phenoxy) is 2. The van der Waals surface area contributed by atoms with Gasteiger partial charge in [-0.3, -0.25) is 4.79 Å². The highest BCUT2D eigenvalue weighted by Crippen LogP contribution is 2.46. The zero-order valence-electron chi connectivity index (χ0n) is 12.4. The minimum atomic E-state index is -0.735. The van der Waals surface area contributed by atoms with Crippen LogP contribution >= 0.6 is 0 Å². The molecule has 1 aromatic rings. The molecule has 1 aromatic carbocycles. The molecule has 1 N–H and O–H groups in total. The molecule has 21 heavy (non-hydrogen) atoms. The minimum absolute atomic E-state index is 0.0918. The monoisotopic (exact) mass is 290 g/mol. The summed E-state index contributed by atoms with van der Waals surface area (Å²) in [6.45, 7) is 0. The van der Waals surface area contributed by atoms with Crippen molar-refractivity contribution >= 4 is 5.97 Å². The molecule has 0 saturated heterocycles. The van der Waals surface area contributed by atoms with E-state index >= 15 is 0 Å². The third-order valence-corrected chi connectivity index (χ3v) is 4.55. The maximum atomic E-state index is 11.1. The van der Waals surface area contributed by atoms with Gasteiger partial charge in [-0.2, -0.15) is 0 Å². The van der Waals surface area contributed by atoms with Crippen molar-refractivity contribution in [3.63, 3.8) is 0 Å². The van der Waals surface area contributed by atoms with Gasteiger partial charge in [0.1, 0.15) is 0 Å². The first-order valence-electron chi connectivity index (χ1n) is 7.73.